The lowest BCUT2D eigenvalue weighted by atomic mass is 10.0. The van der Waals surface area contributed by atoms with E-state index in [1.807, 2.05) is 19.9 Å². The molecule has 0 bridgehead atoms. The van der Waals surface area contributed by atoms with Crippen LogP contribution in [0.2, 0.25) is 0 Å². The zero-order valence-electron chi connectivity index (χ0n) is 9.19. The van der Waals surface area contributed by atoms with Crippen molar-refractivity contribution in [2.24, 2.45) is 5.92 Å². The van der Waals surface area contributed by atoms with Gasteiger partial charge in [0, 0.05) is 18.2 Å². The van der Waals surface area contributed by atoms with Crippen molar-refractivity contribution in [1.29, 1.82) is 0 Å². The van der Waals surface area contributed by atoms with E-state index in [1.165, 1.54) is 0 Å². The number of nitrogens with zero attached hydrogens (tertiary/aromatic N) is 2. The molecule has 1 aromatic rings. The Bertz CT molecular complexity index is 365. The number of rotatable bonds is 3. The van der Waals surface area contributed by atoms with Gasteiger partial charge in [-0.25, -0.2) is 0 Å². The number of ether oxygens (including phenoxy) is 1. The molecule has 82 valence electrons. The van der Waals surface area contributed by atoms with Gasteiger partial charge in [-0.1, -0.05) is 0 Å². The van der Waals surface area contributed by atoms with E-state index in [9.17, 15) is 4.79 Å². The predicted molar refractivity (Wildman–Crippen MR) is 55.6 cm³/mol. The van der Waals surface area contributed by atoms with E-state index in [-0.39, 0.29) is 11.7 Å². The fraction of sp³-hybridized carbons (Fsp3) is 0.636. The largest absolute Gasteiger partial charge is 0.381 e. The molecule has 1 unspecified atom stereocenters. The van der Waals surface area contributed by atoms with Gasteiger partial charge in [0.05, 0.1) is 12.3 Å². The van der Waals surface area contributed by atoms with E-state index in [4.69, 9.17) is 4.74 Å². The van der Waals surface area contributed by atoms with Gasteiger partial charge in [-0.3, -0.25) is 9.48 Å². The summed E-state index contributed by atoms with van der Waals surface area (Å²) in [6.45, 7) is 5.59. The van der Waals surface area contributed by atoms with Gasteiger partial charge in [0.1, 0.15) is 6.54 Å². The SMILES string of the molecule is Cc1cc(C)n(CC(=O)C2CCOC2)n1. The molecule has 0 saturated carbocycles. The molecule has 0 aromatic carbocycles. The molecule has 0 amide bonds. The molecule has 2 rings (SSSR count). The number of ketones is 1. The van der Waals surface area contributed by atoms with Gasteiger partial charge in [0.25, 0.3) is 0 Å². The van der Waals surface area contributed by atoms with E-state index in [0.29, 0.717) is 19.8 Å². The minimum absolute atomic E-state index is 0.0777. The second kappa shape index (κ2) is 4.14. The van der Waals surface area contributed by atoms with Gasteiger partial charge in [-0.05, 0) is 26.3 Å². The van der Waals surface area contributed by atoms with Crippen molar-refractivity contribution in [2.45, 2.75) is 26.8 Å². The predicted octanol–water partition coefficient (Wildman–Crippen LogP) is 1.11. The summed E-state index contributed by atoms with van der Waals surface area (Å²) >= 11 is 0. The van der Waals surface area contributed by atoms with Gasteiger partial charge >= 0.3 is 0 Å². The lowest BCUT2D eigenvalue weighted by molar-refractivity contribution is -0.123. The van der Waals surface area contributed by atoms with Crippen LogP contribution in [-0.2, 0) is 16.1 Å². The maximum Gasteiger partial charge on any atom is 0.159 e. The average Bonchev–Trinajstić information content (AvgIpc) is 2.76. The molecule has 1 saturated heterocycles. The minimum Gasteiger partial charge on any atom is -0.381 e. The Hall–Kier alpha value is -1.16. The molecule has 0 N–H and O–H groups in total. The lowest BCUT2D eigenvalue weighted by Gasteiger charge is -2.07. The first-order chi connectivity index (χ1) is 7.16. The quantitative estimate of drug-likeness (QED) is 0.747. The van der Waals surface area contributed by atoms with E-state index in [1.54, 1.807) is 4.68 Å². The Kier molecular flexibility index (Phi) is 2.86. The third kappa shape index (κ3) is 2.26. The number of carbonyl (C=O) groups is 1. The third-order valence-electron chi connectivity index (χ3n) is 2.79. The summed E-state index contributed by atoms with van der Waals surface area (Å²) in [4.78, 5) is 11.8. The van der Waals surface area contributed by atoms with E-state index in [0.717, 1.165) is 17.8 Å². The van der Waals surface area contributed by atoms with Crippen LogP contribution in [0.4, 0.5) is 0 Å². The normalized spacial score (nSPS) is 20.8. The van der Waals surface area contributed by atoms with Crippen molar-refractivity contribution >= 4 is 5.78 Å². The molecule has 0 aliphatic carbocycles. The van der Waals surface area contributed by atoms with Crippen LogP contribution >= 0.6 is 0 Å². The van der Waals surface area contributed by atoms with E-state index in [2.05, 4.69) is 5.10 Å². The molecule has 1 aliphatic heterocycles. The number of carbonyl (C=O) groups excluding carboxylic acids is 1. The molecule has 4 nitrogen and oxygen atoms in total. The van der Waals surface area contributed by atoms with Crippen molar-refractivity contribution in [2.75, 3.05) is 13.2 Å². The van der Waals surface area contributed by atoms with Crippen LogP contribution < -0.4 is 0 Å². The highest BCUT2D eigenvalue weighted by Gasteiger charge is 2.23. The fourth-order valence-corrected chi connectivity index (χ4v) is 1.90. The molecule has 15 heavy (non-hydrogen) atoms. The average molecular weight is 208 g/mol. The molecule has 1 aromatic heterocycles. The molecular weight excluding hydrogens is 192 g/mol. The Morgan fingerprint density at radius 1 is 1.67 bits per heavy atom. The molecule has 1 fully saturated rings. The first-order valence-electron chi connectivity index (χ1n) is 5.28. The van der Waals surface area contributed by atoms with Gasteiger partial charge in [0.15, 0.2) is 5.78 Å². The second-order valence-electron chi connectivity index (χ2n) is 4.11. The molecule has 1 atom stereocenters. The Labute approximate surface area is 89.2 Å². The summed E-state index contributed by atoms with van der Waals surface area (Å²) in [5, 5.41) is 4.28. The number of Topliss-reactive ketones (excluding diaryl/α,β-unsaturated/α-hetero) is 1. The van der Waals surface area contributed by atoms with Crippen molar-refractivity contribution < 1.29 is 9.53 Å². The molecule has 0 spiro atoms. The monoisotopic (exact) mass is 208 g/mol. The number of hydrogen-bond acceptors (Lipinski definition) is 3. The van der Waals surface area contributed by atoms with Crippen LogP contribution in [0.3, 0.4) is 0 Å². The molecular formula is C11H16N2O2. The highest BCUT2D eigenvalue weighted by molar-refractivity contribution is 5.81. The fourth-order valence-electron chi connectivity index (χ4n) is 1.90. The van der Waals surface area contributed by atoms with Crippen LogP contribution in [0.5, 0.6) is 0 Å². The molecule has 4 heteroatoms. The zero-order chi connectivity index (χ0) is 10.8. The second-order valence-corrected chi connectivity index (χ2v) is 4.11. The lowest BCUT2D eigenvalue weighted by Crippen LogP contribution is -2.21. The first-order valence-corrected chi connectivity index (χ1v) is 5.28. The standard InChI is InChI=1S/C11H16N2O2/c1-8-5-9(2)13(12-8)6-11(14)10-3-4-15-7-10/h5,10H,3-4,6-7H2,1-2H3. The maximum atomic E-state index is 11.8. The van der Waals surface area contributed by atoms with Gasteiger partial charge in [-0.2, -0.15) is 5.10 Å². The van der Waals surface area contributed by atoms with Crippen molar-refractivity contribution in [3.63, 3.8) is 0 Å². The third-order valence-corrected chi connectivity index (χ3v) is 2.79. The highest BCUT2D eigenvalue weighted by atomic mass is 16.5. The molecule has 2 heterocycles. The van der Waals surface area contributed by atoms with Gasteiger partial charge in [-0.15, -0.1) is 0 Å². The van der Waals surface area contributed by atoms with Crippen molar-refractivity contribution in [3.8, 4) is 0 Å². The Morgan fingerprint density at radius 2 is 2.47 bits per heavy atom. The summed E-state index contributed by atoms with van der Waals surface area (Å²) in [6.07, 6.45) is 0.859. The van der Waals surface area contributed by atoms with Crippen LogP contribution in [0, 0.1) is 19.8 Å². The van der Waals surface area contributed by atoms with E-state index >= 15 is 0 Å². The van der Waals surface area contributed by atoms with Crippen molar-refractivity contribution in [1.82, 2.24) is 9.78 Å². The first kappa shape index (κ1) is 10.4. The van der Waals surface area contributed by atoms with Crippen LogP contribution in [-0.4, -0.2) is 28.8 Å². The minimum atomic E-state index is 0.0777. The highest BCUT2D eigenvalue weighted by Crippen LogP contribution is 2.14. The summed E-state index contributed by atoms with van der Waals surface area (Å²) in [5.74, 6) is 0.313. The smallest absolute Gasteiger partial charge is 0.159 e. The van der Waals surface area contributed by atoms with Gasteiger partial charge < -0.3 is 4.74 Å². The Morgan fingerprint density at radius 3 is 3.00 bits per heavy atom. The summed E-state index contributed by atoms with van der Waals surface area (Å²) < 4.78 is 6.97. The number of hydrogen-bond donors (Lipinski definition) is 0. The Balaban J connectivity index is 2.01. The van der Waals surface area contributed by atoms with Gasteiger partial charge in [0.2, 0.25) is 0 Å². The van der Waals surface area contributed by atoms with Crippen LogP contribution in [0.25, 0.3) is 0 Å². The van der Waals surface area contributed by atoms with E-state index < -0.39 is 0 Å². The van der Waals surface area contributed by atoms with Crippen LogP contribution in [0.15, 0.2) is 6.07 Å². The summed E-state index contributed by atoms with van der Waals surface area (Å²) in [7, 11) is 0. The summed E-state index contributed by atoms with van der Waals surface area (Å²) in [5.41, 5.74) is 2.00. The number of aryl methyl sites for hydroxylation is 2. The number of aromatic nitrogens is 2. The zero-order valence-corrected chi connectivity index (χ0v) is 9.19. The maximum absolute atomic E-state index is 11.8. The topological polar surface area (TPSA) is 44.1 Å². The molecule has 1 aliphatic rings. The van der Waals surface area contributed by atoms with Crippen molar-refractivity contribution in [3.05, 3.63) is 17.5 Å². The molecule has 0 radical (unpaired) electrons. The summed E-state index contributed by atoms with van der Waals surface area (Å²) in [6, 6.07) is 1.98. The van der Waals surface area contributed by atoms with Crippen LogP contribution in [0.1, 0.15) is 17.8 Å².